The van der Waals surface area contributed by atoms with Gasteiger partial charge in [-0.2, -0.15) is 13.2 Å². The van der Waals surface area contributed by atoms with Crippen LogP contribution in [0.4, 0.5) is 30.2 Å². The average molecular weight is 601 g/mol. The normalized spacial score (nSPS) is 11.0. The van der Waals surface area contributed by atoms with Crippen LogP contribution >= 0.6 is 34.8 Å². The lowest BCUT2D eigenvalue weighted by molar-refractivity contribution is -0.138. The number of rotatable bonds is 6. The molecule has 0 fully saturated rings. The quantitative estimate of drug-likeness (QED) is 0.127. The molecule has 7 nitrogen and oxygen atoms in total. The Hall–Kier alpha value is -3.13. The molecule has 3 rings (SSSR count). The van der Waals surface area contributed by atoms with Crippen LogP contribution in [0.25, 0.3) is 0 Å². The lowest BCUT2D eigenvalue weighted by atomic mass is 10.1. The third-order valence-electron chi connectivity index (χ3n) is 4.52. The average Bonchev–Trinajstić information content (AvgIpc) is 2.80. The fraction of sp³-hybridized carbons (Fsp3) is 0.136. The summed E-state index contributed by atoms with van der Waals surface area (Å²) in [5.74, 6) is 0.443. The van der Waals surface area contributed by atoms with E-state index in [0.29, 0.717) is 22.9 Å². The highest BCUT2D eigenvalue weighted by Crippen LogP contribution is 2.35. The number of anilines is 3. The first-order chi connectivity index (χ1) is 16.1. The van der Waals surface area contributed by atoms with E-state index in [1.165, 1.54) is 31.4 Å². The second kappa shape index (κ2) is 10.9. The smallest absolute Gasteiger partial charge is 0.416 e. The van der Waals surface area contributed by atoms with Crippen molar-refractivity contribution in [3.8, 4) is 11.5 Å². The number of nitrogens with two attached hydrogens (primary N) is 1. The number of halogens is 4. The third-order valence-corrected chi connectivity index (χ3v) is 5.54. The Morgan fingerprint density at radius 1 is 1.12 bits per heavy atom. The van der Waals surface area contributed by atoms with Gasteiger partial charge < -0.3 is 26.4 Å². The number of thiocarbonyl (C=S) groups is 1. The SMILES string of the molecule is CNC(=O)c1cc(Oc2ccc(NC(=S)Nc3ccc(CI)c(C(F)(F)F)c3)c(N)c2)ccn1. The topological polar surface area (TPSA) is 101 Å². The summed E-state index contributed by atoms with van der Waals surface area (Å²) in [5, 5.41) is 8.16. The van der Waals surface area contributed by atoms with Crippen LogP contribution in [0.3, 0.4) is 0 Å². The number of amides is 1. The Kier molecular flexibility index (Phi) is 8.15. The van der Waals surface area contributed by atoms with Crippen molar-refractivity contribution in [3.05, 3.63) is 71.5 Å². The number of ether oxygens (including phenoxy) is 1. The van der Waals surface area contributed by atoms with Gasteiger partial charge in [-0.25, -0.2) is 0 Å². The molecule has 0 aliphatic heterocycles. The van der Waals surface area contributed by atoms with E-state index in [1.807, 2.05) is 22.6 Å². The minimum absolute atomic E-state index is 0.0695. The van der Waals surface area contributed by atoms with Crippen molar-refractivity contribution in [2.45, 2.75) is 10.6 Å². The molecule has 0 bridgehead atoms. The van der Waals surface area contributed by atoms with Gasteiger partial charge in [0, 0.05) is 35.5 Å². The molecule has 1 aromatic heterocycles. The van der Waals surface area contributed by atoms with Crippen molar-refractivity contribution < 1.29 is 22.7 Å². The summed E-state index contributed by atoms with van der Waals surface area (Å²) in [4.78, 5) is 15.7. The molecule has 1 heterocycles. The van der Waals surface area contributed by atoms with Gasteiger partial charge in [0.25, 0.3) is 5.91 Å². The largest absolute Gasteiger partial charge is 0.457 e. The number of hydrogen-bond donors (Lipinski definition) is 4. The molecule has 0 aliphatic carbocycles. The molecule has 0 atom stereocenters. The Bertz CT molecular complexity index is 1220. The number of carbonyl (C=O) groups is 1. The maximum Gasteiger partial charge on any atom is 0.416 e. The molecule has 0 radical (unpaired) electrons. The highest BCUT2D eigenvalue weighted by molar-refractivity contribution is 14.1. The van der Waals surface area contributed by atoms with E-state index in [0.717, 1.165) is 6.07 Å². The highest BCUT2D eigenvalue weighted by Gasteiger charge is 2.33. The van der Waals surface area contributed by atoms with Crippen molar-refractivity contribution >= 4 is 62.9 Å². The van der Waals surface area contributed by atoms with E-state index in [-0.39, 0.29) is 32.4 Å². The lowest BCUT2D eigenvalue weighted by Gasteiger charge is -2.16. The summed E-state index contributed by atoms with van der Waals surface area (Å²) < 4.78 is 45.8. The number of alkyl halides is 4. The zero-order valence-electron chi connectivity index (χ0n) is 17.7. The summed E-state index contributed by atoms with van der Waals surface area (Å²) in [7, 11) is 1.50. The minimum Gasteiger partial charge on any atom is -0.457 e. The predicted molar refractivity (Wildman–Crippen MR) is 138 cm³/mol. The first-order valence-corrected chi connectivity index (χ1v) is 11.6. The van der Waals surface area contributed by atoms with Crippen molar-refractivity contribution in [1.29, 1.82) is 0 Å². The summed E-state index contributed by atoms with van der Waals surface area (Å²) in [5.41, 5.74) is 6.67. The van der Waals surface area contributed by atoms with E-state index in [9.17, 15) is 18.0 Å². The second-order valence-electron chi connectivity index (χ2n) is 6.89. The molecule has 0 saturated heterocycles. The minimum atomic E-state index is -4.47. The third kappa shape index (κ3) is 6.47. The molecule has 5 N–H and O–H groups in total. The molecule has 2 aromatic carbocycles. The molecule has 1 amide bonds. The van der Waals surface area contributed by atoms with Gasteiger partial charge in [0.05, 0.1) is 16.9 Å². The summed E-state index contributed by atoms with van der Waals surface area (Å²) in [6, 6.07) is 11.8. The van der Waals surface area contributed by atoms with Gasteiger partial charge >= 0.3 is 6.18 Å². The molecule has 178 valence electrons. The van der Waals surface area contributed by atoms with Gasteiger partial charge in [0.1, 0.15) is 17.2 Å². The maximum absolute atomic E-state index is 13.3. The monoisotopic (exact) mass is 601 g/mol. The predicted octanol–water partition coefficient (Wildman–Crippen LogP) is 5.58. The van der Waals surface area contributed by atoms with Crippen LogP contribution in [0.1, 0.15) is 21.6 Å². The Morgan fingerprint density at radius 2 is 1.85 bits per heavy atom. The fourth-order valence-corrected chi connectivity index (χ4v) is 3.79. The molecule has 0 aliphatic rings. The molecular formula is C22H19F3IN5O2S. The van der Waals surface area contributed by atoms with Gasteiger partial charge in [0.15, 0.2) is 5.11 Å². The molecule has 3 aromatic rings. The molecule has 0 spiro atoms. The number of nitrogens with zero attached hydrogens (tertiary/aromatic N) is 1. The number of benzene rings is 2. The van der Waals surface area contributed by atoms with E-state index in [4.69, 9.17) is 22.7 Å². The Balaban J connectivity index is 1.69. The van der Waals surface area contributed by atoms with Crippen LogP contribution in [-0.4, -0.2) is 23.1 Å². The van der Waals surface area contributed by atoms with Crippen LogP contribution < -0.4 is 26.4 Å². The van der Waals surface area contributed by atoms with Crippen LogP contribution in [0.5, 0.6) is 11.5 Å². The van der Waals surface area contributed by atoms with Gasteiger partial charge in [-0.1, -0.05) is 28.7 Å². The molecular weight excluding hydrogens is 582 g/mol. The van der Waals surface area contributed by atoms with Crippen molar-refractivity contribution in [2.75, 3.05) is 23.4 Å². The van der Waals surface area contributed by atoms with E-state index in [2.05, 4.69) is 20.9 Å². The first-order valence-electron chi connectivity index (χ1n) is 9.70. The van der Waals surface area contributed by atoms with Crippen LogP contribution in [0.2, 0.25) is 0 Å². The van der Waals surface area contributed by atoms with Crippen molar-refractivity contribution in [3.63, 3.8) is 0 Å². The number of pyridine rings is 1. The number of nitrogens with one attached hydrogen (secondary N) is 3. The maximum atomic E-state index is 13.3. The zero-order valence-corrected chi connectivity index (χ0v) is 20.6. The van der Waals surface area contributed by atoms with E-state index >= 15 is 0 Å². The summed E-state index contributed by atoms with van der Waals surface area (Å²) in [6.45, 7) is 0. The standard InChI is InChI=1S/C22H19F3IN5O2S/c1-28-20(32)19-10-15(6-7-29-19)33-14-4-5-18(17(27)9-14)31-21(34)30-13-3-2-12(11-26)16(8-13)22(23,24)25/h2-10H,11,27H2,1H3,(H,28,32)(H2,30,31,34). The molecule has 0 saturated carbocycles. The highest BCUT2D eigenvalue weighted by atomic mass is 127. The van der Waals surface area contributed by atoms with E-state index in [1.54, 1.807) is 24.3 Å². The van der Waals surface area contributed by atoms with Crippen LogP contribution in [0.15, 0.2) is 54.7 Å². The number of carbonyl (C=O) groups excluding carboxylic acids is 1. The van der Waals surface area contributed by atoms with Gasteiger partial charge in [0.2, 0.25) is 0 Å². The van der Waals surface area contributed by atoms with Gasteiger partial charge in [-0.3, -0.25) is 9.78 Å². The molecule has 0 unspecified atom stereocenters. The molecule has 12 heteroatoms. The van der Waals surface area contributed by atoms with Crippen LogP contribution in [-0.2, 0) is 10.6 Å². The fourth-order valence-electron chi connectivity index (χ4n) is 2.90. The first kappa shape index (κ1) is 25.5. The lowest BCUT2D eigenvalue weighted by Crippen LogP contribution is -2.20. The van der Waals surface area contributed by atoms with Crippen molar-refractivity contribution in [2.24, 2.45) is 0 Å². The zero-order chi connectivity index (χ0) is 24.9. The van der Waals surface area contributed by atoms with Crippen molar-refractivity contribution in [1.82, 2.24) is 10.3 Å². The Morgan fingerprint density at radius 3 is 2.50 bits per heavy atom. The number of aromatic nitrogens is 1. The van der Waals surface area contributed by atoms with E-state index < -0.39 is 11.7 Å². The number of hydrogen-bond acceptors (Lipinski definition) is 5. The summed E-state index contributed by atoms with van der Waals surface area (Å²) in [6.07, 6.45) is -3.02. The number of nitrogen functional groups attached to an aromatic ring is 1. The second-order valence-corrected chi connectivity index (χ2v) is 8.06. The Labute approximate surface area is 212 Å². The molecule has 34 heavy (non-hydrogen) atoms. The van der Waals surface area contributed by atoms with Gasteiger partial charge in [-0.05, 0) is 48.1 Å². The summed E-state index contributed by atoms with van der Waals surface area (Å²) >= 11 is 7.11. The van der Waals surface area contributed by atoms with Gasteiger partial charge in [-0.15, -0.1) is 0 Å². The van der Waals surface area contributed by atoms with Crippen LogP contribution in [0, 0.1) is 0 Å².